The van der Waals surface area contributed by atoms with Crippen LogP contribution in [0.3, 0.4) is 0 Å². The molecule has 1 atom stereocenters. The van der Waals surface area contributed by atoms with Gasteiger partial charge in [-0.25, -0.2) is 0 Å². The van der Waals surface area contributed by atoms with Gasteiger partial charge in [0.2, 0.25) is 0 Å². The predicted octanol–water partition coefficient (Wildman–Crippen LogP) is 16.3. The van der Waals surface area contributed by atoms with Crippen LogP contribution in [0.1, 0.15) is 228 Å². The Hall–Kier alpha value is -2.02. The van der Waals surface area contributed by atoms with Gasteiger partial charge in [0, 0.05) is 5.75 Å². The van der Waals surface area contributed by atoms with Gasteiger partial charge in [0.1, 0.15) is 13.2 Å². The third-order valence-electron chi connectivity index (χ3n) is 9.12. The van der Waals surface area contributed by atoms with Crippen molar-refractivity contribution in [2.45, 2.75) is 222 Å². The Morgan fingerprint density at radius 3 is 1.38 bits per heavy atom. The zero-order chi connectivity index (χ0) is 35.5. The fraction of sp³-hybridized carbons (Fsp3) is 0.816. The van der Waals surface area contributed by atoms with Gasteiger partial charge in [0.05, 0.1) is 23.2 Å². The second kappa shape index (κ2) is 44.1. The molecule has 56 heavy (non-hydrogen) atoms. The summed E-state index contributed by atoms with van der Waals surface area (Å²) < 4.78 is 16.3. The Morgan fingerprint density at radius 2 is 0.929 bits per heavy atom. The third-order valence-corrected chi connectivity index (χ3v) is 10.5. The van der Waals surface area contributed by atoms with E-state index in [2.05, 4.69) is 26.0 Å². The Morgan fingerprint density at radius 1 is 0.536 bits per heavy atom. The summed E-state index contributed by atoms with van der Waals surface area (Å²) in [6, 6.07) is 10.2. The molecule has 0 aliphatic heterocycles. The molecule has 0 aromatic heterocycles. The van der Waals surface area contributed by atoms with Crippen molar-refractivity contribution in [3.63, 3.8) is 0 Å². The summed E-state index contributed by atoms with van der Waals surface area (Å²) in [5, 5.41) is 0. The Balaban J connectivity index is -0.000000480. The number of carbonyl (C=O) groups excluding carboxylic acids is 3. The minimum absolute atomic E-state index is 0. The summed E-state index contributed by atoms with van der Waals surface area (Å²) in [4.78, 5) is 37.6. The normalized spacial score (nSPS) is 10.7. The fourth-order valence-electron chi connectivity index (χ4n) is 5.91. The third kappa shape index (κ3) is 35.2. The number of ether oxygens (including phenoxy) is 3. The van der Waals surface area contributed by atoms with Crippen LogP contribution in [0.2, 0.25) is 0 Å². The number of rotatable bonds is 30. The van der Waals surface area contributed by atoms with Gasteiger partial charge in [-0.15, -0.1) is 11.8 Å². The first kappa shape index (κ1) is 71.7. The average molecular weight is 819 g/mol. The van der Waals surface area contributed by atoms with Crippen LogP contribution < -0.4 is 0 Å². The topological polar surface area (TPSA) is 78.9 Å². The van der Waals surface area contributed by atoms with Gasteiger partial charge >= 0.3 is 17.9 Å². The van der Waals surface area contributed by atoms with Gasteiger partial charge in [0.25, 0.3) is 0 Å². The second-order valence-electron chi connectivity index (χ2n) is 14.8. The minimum atomic E-state index is -0.683. The molecule has 0 spiro atoms. The van der Waals surface area contributed by atoms with Gasteiger partial charge < -0.3 is 14.2 Å². The van der Waals surface area contributed by atoms with Gasteiger partial charge in [-0.1, -0.05) is 200 Å². The van der Waals surface area contributed by atoms with Crippen LogP contribution in [0.25, 0.3) is 0 Å². The maximum Gasteiger partial charge on any atom is 0.316 e. The Labute approximate surface area is 357 Å². The van der Waals surface area contributed by atoms with Gasteiger partial charge in [-0.2, -0.15) is 0 Å². The molecule has 0 saturated heterocycles. The molecule has 1 rings (SSSR count). The molecule has 0 bridgehead atoms. The molecule has 0 fully saturated rings. The summed E-state index contributed by atoms with van der Waals surface area (Å²) >= 11 is 1.35. The van der Waals surface area contributed by atoms with E-state index < -0.39 is 10.8 Å². The first-order valence-corrected chi connectivity index (χ1v) is 20.3. The van der Waals surface area contributed by atoms with Crippen LogP contribution in [0, 0.1) is 10.8 Å². The molecule has 0 aliphatic rings. The lowest BCUT2D eigenvalue weighted by Gasteiger charge is -2.27. The van der Waals surface area contributed by atoms with Crippen molar-refractivity contribution in [2.24, 2.45) is 10.8 Å². The molecule has 0 amide bonds. The fourth-order valence-corrected chi connectivity index (χ4v) is 6.89. The highest BCUT2D eigenvalue weighted by atomic mass is 32.2. The Bertz CT molecular complexity index is 978. The summed E-state index contributed by atoms with van der Waals surface area (Å²) in [6.07, 6.45) is 22.6. The smallest absolute Gasteiger partial charge is 0.316 e. The van der Waals surface area contributed by atoms with Crippen LogP contribution in [0.5, 0.6) is 0 Å². The van der Waals surface area contributed by atoms with Crippen LogP contribution in [-0.4, -0.2) is 49.2 Å². The van der Waals surface area contributed by atoms with Crippen molar-refractivity contribution in [1.29, 1.82) is 0 Å². The lowest BCUT2D eigenvalue weighted by atomic mass is 9.79. The summed E-state index contributed by atoms with van der Waals surface area (Å²) in [7, 11) is 0. The van der Waals surface area contributed by atoms with Gasteiger partial charge in [0.15, 0.2) is 0 Å². The summed E-state index contributed by atoms with van der Waals surface area (Å²) in [5.74, 6) is -0.0431. The highest BCUT2D eigenvalue weighted by Gasteiger charge is 2.33. The highest BCUT2D eigenvalue weighted by Crippen LogP contribution is 2.34. The molecule has 1 aromatic carbocycles. The SMILES string of the molecule is C.C.C.C.C.C.C.C.CCCCCCCCCCCCCCCCCCOC(=O)C(C)(C)CSCC(=O)OCCOC(=O)C(C)(C)CC(CC)c1ccccc1. The molecule has 7 heteroatoms. The first-order valence-electron chi connectivity index (χ1n) is 19.2. The number of unbranched alkanes of at least 4 members (excludes halogenated alkanes) is 15. The molecule has 1 unspecified atom stereocenters. The number of benzene rings is 1. The lowest BCUT2D eigenvalue weighted by molar-refractivity contribution is -0.158. The zero-order valence-electron chi connectivity index (χ0n) is 31.6. The number of hydrogen-bond acceptors (Lipinski definition) is 7. The molecule has 340 valence electrons. The zero-order valence-corrected chi connectivity index (χ0v) is 32.4. The number of carbonyl (C=O) groups is 3. The van der Waals surface area contributed by atoms with E-state index in [-0.39, 0.29) is 102 Å². The standard InChI is InChI=1S/C41H70O6S.8CH4/c1-7-9-10-11-12-13-14-15-16-17-18-19-20-21-22-26-29-46-39(44)41(5,6)34-48-33-37(42)45-30-31-47-38(43)40(3,4)32-35(8-2)36-27-24-23-25-28-36;;;;;;;;/h23-25,27-28,35H,7-22,26,29-34H2,1-6H3;8*1H4. The van der Waals surface area contributed by atoms with Crippen molar-refractivity contribution in [3.05, 3.63) is 35.9 Å². The molecular weight excluding hydrogens is 717 g/mol. The molecular formula is C49H102O6S. The summed E-state index contributed by atoms with van der Waals surface area (Å²) in [6.45, 7) is 12.4. The van der Waals surface area contributed by atoms with Crippen LogP contribution in [0.15, 0.2) is 30.3 Å². The molecule has 0 radical (unpaired) electrons. The van der Waals surface area contributed by atoms with Crippen LogP contribution in [-0.2, 0) is 28.6 Å². The van der Waals surface area contributed by atoms with E-state index in [4.69, 9.17) is 14.2 Å². The van der Waals surface area contributed by atoms with Crippen molar-refractivity contribution in [1.82, 2.24) is 0 Å². The van der Waals surface area contributed by atoms with E-state index in [1.807, 2.05) is 45.9 Å². The largest absolute Gasteiger partial charge is 0.465 e. The Kier molecular flexibility index (Phi) is 56.4. The number of esters is 3. The monoisotopic (exact) mass is 819 g/mol. The number of hydrogen-bond donors (Lipinski definition) is 0. The van der Waals surface area contributed by atoms with Crippen molar-refractivity contribution in [2.75, 3.05) is 31.3 Å². The maximum atomic E-state index is 12.8. The highest BCUT2D eigenvalue weighted by molar-refractivity contribution is 8.00. The van der Waals surface area contributed by atoms with Crippen molar-refractivity contribution in [3.8, 4) is 0 Å². The molecule has 6 nitrogen and oxygen atoms in total. The summed E-state index contributed by atoms with van der Waals surface area (Å²) in [5.41, 5.74) is -0.112. The molecule has 0 N–H and O–H groups in total. The van der Waals surface area contributed by atoms with Gasteiger partial charge in [-0.3, -0.25) is 14.4 Å². The van der Waals surface area contributed by atoms with Gasteiger partial charge in [-0.05, 0) is 58.4 Å². The van der Waals surface area contributed by atoms with E-state index in [0.29, 0.717) is 18.8 Å². The van der Waals surface area contributed by atoms with E-state index >= 15 is 0 Å². The van der Waals surface area contributed by atoms with Crippen LogP contribution in [0.4, 0.5) is 0 Å². The molecule has 0 aliphatic carbocycles. The predicted molar refractivity (Wildman–Crippen MR) is 255 cm³/mol. The molecule has 0 saturated carbocycles. The van der Waals surface area contributed by atoms with E-state index in [0.717, 1.165) is 19.3 Å². The molecule has 0 heterocycles. The van der Waals surface area contributed by atoms with Crippen molar-refractivity contribution < 1.29 is 28.6 Å². The first-order chi connectivity index (χ1) is 23.0. The van der Waals surface area contributed by atoms with E-state index in [1.165, 1.54) is 107 Å². The average Bonchev–Trinajstić information content (AvgIpc) is 3.07. The van der Waals surface area contributed by atoms with Crippen molar-refractivity contribution >= 4 is 29.7 Å². The lowest BCUT2D eigenvalue weighted by Crippen LogP contribution is -2.30. The van der Waals surface area contributed by atoms with E-state index in [1.54, 1.807) is 0 Å². The number of thioether (sulfide) groups is 1. The van der Waals surface area contributed by atoms with E-state index in [9.17, 15) is 14.4 Å². The minimum Gasteiger partial charge on any atom is -0.465 e. The maximum absolute atomic E-state index is 12.8. The second-order valence-corrected chi connectivity index (χ2v) is 15.8. The van der Waals surface area contributed by atoms with Crippen LogP contribution >= 0.6 is 11.8 Å². The quantitative estimate of drug-likeness (QED) is 0.0434. The molecule has 1 aromatic rings.